The van der Waals surface area contributed by atoms with Crippen LogP contribution in [-0.4, -0.2) is 67.3 Å². The Hall–Kier alpha value is -4.39. The van der Waals surface area contributed by atoms with Gasteiger partial charge in [0.15, 0.2) is 0 Å². The maximum Gasteiger partial charge on any atom is 0.407 e. The molecule has 4 aromatic rings. The number of rotatable bonds is 12. The van der Waals surface area contributed by atoms with E-state index < -0.39 is 11.9 Å². The number of nitrogens with one attached hydrogen (secondary N) is 3. The van der Waals surface area contributed by atoms with Gasteiger partial charge in [0.2, 0.25) is 5.91 Å². The van der Waals surface area contributed by atoms with Crippen molar-refractivity contribution in [2.24, 2.45) is 0 Å². The van der Waals surface area contributed by atoms with E-state index in [-0.39, 0.29) is 44.4 Å². The number of benzene rings is 2. The third-order valence-electron chi connectivity index (χ3n) is 8.63. The molecule has 2 amide bonds. The maximum absolute atomic E-state index is 14.4. The highest BCUT2D eigenvalue weighted by molar-refractivity contribution is 7.17. The van der Waals surface area contributed by atoms with E-state index in [4.69, 9.17) is 14.2 Å². The molecule has 0 unspecified atom stereocenters. The number of carbonyl (C=O) groups excluding carboxylic acids is 2. The number of carbonyl (C=O) groups is 2. The Morgan fingerprint density at radius 2 is 1.92 bits per heavy atom. The van der Waals surface area contributed by atoms with Crippen molar-refractivity contribution in [3.8, 4) is 28.3 Å². The molecular weight excluding hydrogens is 633 g/mol. The van der Waals surface area contributed by atoms with Gasteiger partial charge in [-0.3, -0.25) is 4.79 Å². The highest BCUT2D eigenvalue weighted by atomic mass is 32.1. The van der Waals surface area contributed by atoms with Gasteiger partial charge >= 0.3 is 6.09 Å². The number of thiophene rings is 1. The second-order valence-corrected chi connectivity index (χ2v) is 12.9. The first-order valence-electron chi connectivity index (χ1n) is 16.4. The molecule has 1 aliphatic carbocycles. The molecule has 12 heteroatoms. The fraction of sp³-hybridized carbons (Fsp3) is 0.389. The van der Waals surface area contributed by atoms with Gasteiger partial charge in [-0.25, -0.2) is 9.18 Å². The van der Waals surface area contributed by atoms with Crippen LogP contribution < -0.4 is 20.7 Å². The lowest BCUT2D eigenvalue weighted by molar-refractivity contribution is -0.117. The summed E-state index contributed by atoms with van der Waals surface area (Å²) in [6.07, 6.45) is 5.50. The first-order chi connectivity index (χ1) is 23.5. The summed E-state index contributed by atoms with van der Waals surface area (Å²) < 4.78 is 32.5. The Kier molecular flexibility index (Phi) is 11.3. The van der Waals surface area contributed by atoms with Crippen LogP contribution in [-0.2, 0) is 27.2 Å². The molecule has 252 valence electrons. The third-order valence-corrected chi connectivity index (χ3v) is 9.55. The molecule has 2 aromatic heterocycles. The maximum atomic E-state index is 14.4. The average Bonchev–Trinajstić information content (AvgIpc) is 3.49. The highest BCUT2D eigenvalue weighted by Gasteiger charge is 2.24. The molecule has 2 atom stereocenters. The smallest absolute Gasteiger partial charge is 0.407 e. The molecular formula is C36H40FN5O5S. The van der Waals surface area contributed by atoms with Crippen LogP contribution in [0.4, 0.5) is 9.18 Å². The molecule has 10 nitrogen and oxygen atoms in total. The summed E-state index contributed by atoms with van der Waals surface area (Å²) in [7, 11) is 0. The first-order valence-corrected chi connectivity index (χ1v) is 17.3. The summed E-state index contributed by atoms with van der Waals surface area (Å²) in [5, 5.41) is 21.3. The van der Waals surface area contributed by atoms with E-state index in [9.17, 15) is 14.0 Å². The van der Waals surface area contributed by atoms with E-state index in [0.717, 1.165) is 66.5 Å². The van der Waals surface area contributed by atoms with Crippen molar-refractivity contribution in [1.29, 1.82) is 0 Å². The van der Waals surface area contributed by atoms with Gasteiger partial charge in [0, 0.05) is 48.1 Å². The van der Waals surface area contributed by atoms with Gasteiger partial charge < -0.3 is 30.2 Å². The number of alkyl carbamates (subject to hydrolysis) is 1. The standard InChI is InChI=1S/C36H40FN5O5S/c1-2-32(43)40-27-5-3-4-6-28(21-27)47-36(44)39-14-15-45-16-17-46-31-20-26(37)9-10-29(31)34-35-30(12-18-48-35)33(41-42-34)24-7-8-25-22-38-13-11-23(25)19-24/h2,7-10,12,18-20,27-28,38H,1,3-6,11,13-17,21-22H2,(H,39,44)(H,40,43)/t27-,28+/m0/s1. The summed E-state index contributed by atoms with van der Waals surface area (Å²) in [6, 6.07) is 12.9. The molecule has 0 saturated heterocycles. The van der Waals surface area contributed by atoms with Crippen LogP contribution >= 0.6 is 11.3 Å². The average molecular weight is 674 g/mol. The summed E-state index contributed by atoms with van der Waals surface area (Å²) in [5.74, 6) is -0.290. The molecule has 1 saturated carbocycles. The van der Waals surface area contributed by atoms with E-state index in [2.05, 4.69) is 50.9 Å². The summed E-state index contributed by atoms with van der Waals surface area (Å²) >= 11 is 1.56. The van der Waals surface area contributed by atoms with E-state index >= 15 is 0 Å². The predicted octanol–water partition coefficient (Wildman–Crippen LogP) is 5.94. The van der Waals surface area contributed by atoms with E-state index in [1.165, 1.54) is 29.3 Å². The van der Waals surface area contributed by atoms with Crippen LogP contribution in [0.15, 0.2) is 60.5 Å². The lowest BCUT2D eigenvalue weighted by Gasteiger charge is -2.21. The molecule has 2 aliphatic rings. The van der Waals surface area contributed by atoms with E-state index in [1.807, 2.05) is 11.4 Å². The van der Waals surface area contributed by atoms with Crippen molar-refractivity contribution in [1.82, 2.24) is 26.1 Å². The highest BCUT2D eigenvalue weighted by Crippen LogP contribution is 2.39. The molecule has 0 radical (unpaired) electrons. The summed E-state index contributed by atoms with van der Waals surface area (Å²) in [5.41, 5.74) is 5.77. The minimum atomic E-state index is -0.518. The molecule has 48 heavy (non-hydrogen) atoms. The molecule has 1 fully saturated rings. The first kappa shape index (κ1) is 33.5. The number of fused-ring (bicyclic) bond motifs is 2. The molecule has 3 N–H and O–H groups in total. The zero-order valence-corrected chi connectivity index (χ0v) is 27.6. The molecule has 3 heterocycles. The van der Waals surface area contributed by atoms with Crippen molar-refractivity contribution in [3.05, 3.63) is 77.4 Å². The normalized spacial score (nSPS) is 17.6. The van der Waals surface area contributed by atoms with Gasteiger partial charge in [0.25, 0.3) is 0 Å². The van der Waals surface area contributed by atoms with E-state index in [0.29, 0.717) is 23.4 Å². The number of hydrogen-bond acceptors (Lipinski definition) is 9. The zero-order chi connectivity index (χ0) is 33.3. The number of nitrogens with zero attached hydrogens (tertiary/aromatic N) is 2. The van der Waals surface area contributed by atoms with Crippen LogP contribution in [0.5, 0.6) is 5.75 Å². The number of ether oxygens (including phenoxy) is 3. The Bertz CT molecular complexity index is 1760. The number of hydrogen-bond donors (Lipinski definition) is 3. The van der Waals surface area contributed by atoms with Crippen LogP contribution in [0, 0.1) is 5.82 Å². The second kappa shape index (κ2) is 16.1. The van der Waals surface area contributed by atoms with Crippen molar-refractivity contribution in [2.45, 2.75) is 57.2 Å². The van der Waals surface area contributed by atoms with Gasteiger partial charge in [-0.05, 0) is 79.1 Å². The fourth-order valence-electron chi connectivity index (χ4n) is 6.25. The Morgan fingerprint density at radius 1 is 1.04 bits per heavy atom. The predicted molar refractivity (Wildman–Crippen MR) is 183 cm³/mol. The van der Waals surface area contributed by atoms with Gasteiger partial charge in [-0.1, -0.05) is 25.1 Å². The number of amides is 2. The number of halogens is 1. The van der Waals surface area contributed by atoms with Crippen molar-refractivity contribution >= 4 is 33.4 Å². The minimum Gasteiger partial charge on any atom is -0.490 e. The minimum absolute atomic E-state index is 0.0434. The monoisotopic (exact) mass is 673 g/mol. The van der Waals surface area contributed by atoms with Gasteiger partial charge in [-0.15, -0.1) is 21.5 Å². The fourth-order valence-corrected chi connectivity index (χ4v) is 7.14. The second-order valence-electron chi connectivity index (χ2n) is 12.0. The molecule has 6 rings (SSSR count). The van der Waals surface area contributed by atoms with Crippen LogP contribution in [0.3, 0.4) is 0 Å². The van der Waals surface area contributed by atoms with E-state index in [1.54, 1.807) is 17.4 Å². The Balaban J connectivity index is 1.01. The Morgan fingerprint density at radius 3 is 2.81 bits per heavy atom. The lowest BCUT2D eigenvalue weighted by Crippen LogP contribution is -2.38. The number of aromatic nitrogens is 2. The Labute approximate surface area is 283 Å². The quantitative estimate of drug-likeness (QED) is 0.0961. The summed E-state index contributed by atoms with van der Waals surface area (Å²) in [4.78, 5) is 24.0. The molecule has 2 aromatic carbocycles. The van der Waals surface area contributed by atoms with Gasteiger partial charge in [0.05, 0.1) is 17.9 Å². The lowest BCUT2D eigenvalue weighted by atomic mass is 9.96. The summed E-state index contributed by atoms with van der Waals surface area (Å²) in [6.45, 7) is 6.23. The largest absolute Gasteiger partial charge is 0.490 e. The third kappa shape index (κ3) is 8.36. The van der Waals surface area contributed by atoms with Crippen LogP contribution in [0.25, 0.3) is 32.6 Å². The molecule has 0 spiro atoms. The molecule has 0 bridgehead atoms. The van der Waals surface area contributed by atoms with Gasteiger partial charge in [0.1, 0.15) is 35.7 Å². The topological polar surface area (TPSA) is 124 Å². The van der Waals surface area contributed by atoms with Crippen molar-refractivity contribution in [2.75, 3.05) is 32.9 Å². The zero-order valence-electron chi connectivity index (χ0n) is 26.8. The molecule has 1 aliphatic heterocycles. The van der Waals surface area contributed by atoms with Crippen LogP contribution in [0.1, 0.15) is 43.2 Å². The van der Waals surface area contributed by atoms with Crippen molar-refractivity contribution in [3.63, 3.8) is 0 Å². The van der Waals surface area contributed by atoms with Gasteiger partial charge in [-0.2, -0.15) is 0 Å². The van der Waals surface area contributed by atoms with Crippen LogP contribution in [0.2, 0.25) is 0 Å². The SMILES string of the molecule is C=CC(=O)N[C@H]1CCCC[C@@H](OC(=O)NCCOCCOc2cc(F)ccc2-c2nnc(-c3ccc4c(c3)CCNC4)c3ccsc23)C1. The van der Waals surface area contributed by atoms with Crippen molar-refractivity contribution < 1.29 is 28.2 Å².